The molecule has 0 aromatic heterocycles. The van der Waals surface area contributed by atoms with Crippen molar-refractivity contribution in [1.82, 2.24) is 0 Å². The molecule has 0 aliphatic heterocycles. The predicted octanol–water partition coefficient (Wildman–Crippen LogP) is 4.21. The summed E-state index contributed by atoms with van der Waals surface area (Å²) in [6.45, 7) is 3.69. The van der Waals surface area contributed by atoms with E-state index in [1.54, 1.807) is 36.4 Å². The maximum Gasteiger partial charge on any atom is 0.513 e. The third-order valence-electron chi connectivity index (χ3n) is 3.27. The summed E-state index contributed by atoms with van der Waals surface area (Å²) in [7, 11) is 0. The van der Waals surface area contributed by atoms with E-state index in [0.29, 0.717) is 30.1 Å². The molecule has 0 saturated heterocycles. The second-order valence-electron chi connectivity index (χ2n) is 5.35. The number of aromatic hydroxyl groups is 1. The lowest BCUT2D eigenvalue weighted by molar-refractivity contribution is -0.137. The van der Waals surface area contributed by atoms with Crippen molar-refractivity contribution >= 4 is 12.1 Å². The van der Waals surface area contributed by atoms with Crippen LogP contribution in [0.15, 0.2) is 61.2 Å². The topological polar surface area (TPSA) is 91.3 Å². The molecule has 0 atom stereocenters. The normalized spacial score (nSPS) is 9.93. The Hall–Kier alpha value is -3.48. The minimum Gasteiger partial charge on any atom is -0.508 e. The van der Waals surface area contributed by atoms with Gasteiger partial charge in [0.25, 0.3) is 0 Å². The van der Waals surface area contributed by atoms with Crippen LogP contribution < -0.4 is 9.47 Å². The summed E-state index contributed by atoms with van der Waals surface area (Å²) in [5.74, 6) is 1.11. The number of phenols is 1. The first-order chi connectivity index (χ1) is 13.1. The van der Waals surface area contributed by atoms with Crippen LogP contribution >= 0.6 is 0 Å². The van der Waals surface area contributed by atoms with E-state index in [2.05, 4.69) is 6.58 Å². The molecule has 0 bridgehead atoms. The molecule has 2 aromatic rings. The Kier molecular flexibility index (Phi) is 7.71. The van der Waals surface area contributed by atoms with Gasteiger partial charge in [-0.05, 0) is 61.4 Å². The second kappa shape index (κ2) is 10.5. The highest BCUT2D eigenvalue weighted by molar-refractivity contribution is 5.81. The van der Waals surface area contributed by atoms with Crippen molar-refractivity contribution in [2.45, 2.75) is 12.8 Å². The van der Waals surface area contributed by atoms with Crippen molar-refractivity contribution < 1.29 is 33.6 Å². The van der Waals surface area contributed by atoms with E-state index in [0.717, 1.165) is 6.08 Å². The van der Waals surface area contributed by atoms with Crippen molar-refractivity contribution in [3.05, 3.63) is 61.2 Å². The number of carbonyl (C=O) groups is 2. The molecule has 0 aliphatic carbocycles. The highest BCUT2D eigenvalue weighted by Gasteiger charge is 2.07. The number of benzene rings is 2. The molecule has 0 heterocycles. The number of ether oxygens (including phenoxy) is 4. The van der Waals surface area contributed by atoms with Crippen LogP contribution in [0.2, 0.25) is 0 Å². The lowest BCUT2D eigenvalue weighted by Gasteiger charge is -2.08. The number of carbonyl (C=O) groups excluding carboxylic acids is 2. The summed E-state index contributed by atoms with van der Waals surface area (Å²) in [5.41, 5.74) is 0. The van der Waals surface area contributed by atoms with Crippen LogP contribution in [0.4, 0.5) is 4.79 Å². The Morgan fingerprint density at radius 1 is 0.852 bits per heavy atom. The van der Waals surface area contributed by atoms with Gasteiger partial charge in [0.1, 0.15) is 23.0 Å². The van der Waals surface area contributed by atoms with Crippen LogP contribution in [-0.4, -0.2) is 30.4 Å². The van der Waals surface area contributed by atoms with Gasteiger partial charge in [-0.25, -0.2) is 9.59 Å². The first-order valence-electron chi connectivity index (χ1n) is 8.27. The molecule has 0 fully saturated rings. The molecule has 1 N–H and O–H groups in total. The molecular weight excluding hydrogens is 352 g/mol. The third-order valence-corrected chi connectivity index (χ3v) is 3.27. The van der Waals surface area contributed by atoms with Gasteiger partial charge in [-0.2, -0.15) is 0 Å². The second-order valence-corrected chi connectivity index (χ2v) is 5.35. The van der Waals surface area contributed by atoms with Crippen molar-refractivity contribution in [2.24, 2.45) is 0 Å². The van der Waals surface area contributed by atoms with Crippen LogP contribution in [0, 0.1) is 0 Å². The van der Waals surface area contributed by atoms with E-state index in [4.69, 9.17) is 18.9 Å². The maximum absolute atomic E-state index is 11.6. The quantitative estimate of drug-likeness (QED) is 0.305. The fourth-order valence-corrected chi connectivity index (χ4v) is 1.94. The molecule has 2 aromatic carbocycles. The molecule has 27 heavy (non-hydrogen) atoms. The Labute approximate surface area is 156 Å². The summed E-state index contributed by atoms with van der Waals surface area (Å²) >= 11 is 0. The molecule has 0 aliphatic rings. The molecule has 2 rings (SSSR count). The summed E-state index contributed by atoms with van der Waals surface area (Å²) in [4.78, 5) is 22.4. The standard InChI is InChI=1S/C20H20O7/c1-2-19(22)24-13-3-4-14-25-20(23)27-18-11-9-17(10-12-18)26-16-7-5-15(21)6-8-16/h2,5-12,21H,1,3-4,13-14H2. The van der Waals surface area contributed by atoms with Crippen molar-refractivity contribution in [2.75, 3.05) is 13.2 Å². The summed E-state index contributed by atoms with van der Waals surface area (Å²) < 4.78 is 20.4. The maximum atomic E-state index is 11.6. The number of hydrogen-bond acceptors (Lipinski definition) is 7. The largest absolute Gasteiger partial charge is 0.513 e. The molecule has 0 amide bonds. The number of esters is 1. The zero-order chi connectivity index (χ0) is 19.5. The van der Waals surface area contributed by atoms with Gasteiger partial charge in [-0.15, -0.1) is 0 Å². The molecule has 7 heteroatoms. The van der Waals surface area contributed by atoms with E-state index >= 15 is 0 Å². The van der Waals surface area contributed by atoms with E-state index in [1.165, 1.54) is 12.1 Å². The molecular formula is C20H20O7. The zero-order valence-electron chi connectivity index (χ0n) is 14.6. The monoisotopic (exact) mass is 372 g/mol. The average molecular weight is 372 g/mol. The third kappa shape index (κ3) is 7.52. The SMILES string of the molecule is C=CC(=O)OCCCCOC(=O)Oc1ccc(Oc2ccc(O)cc2)cc1. The Morgan fingerprint density at radius 2 is 1.37 bits per heavy atom. The van der Waals surface area contributed by atoms with E-state index in [1.807, 2.05) is 0 Å². The molecule has 0 spiro atoms. The first-order valence-corrected chi connectivity index (χ1v) is 8.27. The van der Waals surface area contributed by atoms with Crippen LogP contribution in [0.25, 0.3) is 0 Å². The van der Waals surface area contributed by atoms with E-state index < -0.39 is 12.1 Å². The Morgan fingerprint density at radius 3 is 1.96 bits per heavy atom. The van der Waals surface area contributed by atoms with Crippen LogP contribution in [-0.2, 0) is 14.3 Å². The Balaban J connectivity index is 1.67. The van der Waals surface area contributed by atoms with E-state index in [-0.39, 0.29) is 19.0 Å². The smallest absolute Gasteiger partial charge is 0.508 e. The number of unbranched alkanes of at least 4 members (excludes halogenated alkanes) is 1. The number of phenolic OH excluding ortho intramolecular Hbond substituents is 1. The minimum absolute atomic E-state index is 0.155. The van der Waals surface area contributed by atoms with Gasteiger partial charge in [0.2, 0.25) is 0 Å². The highest BCUT2D eigenvalue weighted by Crippen LogP contribution is 2.25. The summed E-state index contributed by atoms with van der Waals surface area (Å²) in [6.07, 6.45) is 1.38. The average Bonchev–Trinajstić information content (AvgIpc) is 2.67. The minimum atomic E-state index is -0.815. The fourth-order valence-electron chi connectivity index (χ4n) is 1.94. The molecule has 0 saturated carbocycles. The molecule has 142 valence electrons. The van der Waals surface area contributed by atoms with Crippen molar-refractivity contribution in [1.29, 1.82) is 0 Å². The van der Waals surface area contributed by atoms with E-state index in [9.17, 15) is 14.7 Å². The molecule has 0 unspecified atom stereocenters. The summed E-state index contributed by atoms with van der Waals surface area (Å²) in [5, 5.41) is 9.24. The summed E-state index contributed by atoms with van der Waals surface area (Å²) in [6, 6.07) is 12.7. The highest BCUT2D eigenvalue weighted by atomic mass is 16.7. The molecule has 0 radical (unpaired) electrons. The van der Waals surface area contributed by atoms with Crippen molar-refractivity contribution in [3.63, 3.8) is 0 Å². The van der Waals surface area contributed by atoms with Crippen LogP contribution in [0.5, 0.6) is 23.0 Å². The molecule has 7 nitrogen and oxygen atoms in total. The van der Waals surface area contributed by atoms with Crippen LogP contribution in [0.1, 0.15) is 12.8 Å². The van der Waals surface area contributed by atoms with Crippen molar-refractivity contribution in [3.8, 4) is 23.0 Å². The van der Waals surface area contributed by atoms with Gasteiger partial charge in [-0.3, -0.25) is 0 Å². The fraction of sp³-hybridized carbons (Fsp3) is 0.200. The lowest BCUT2D eigenvalue weighted by atomic mass is 10.3. The van der Waals surface area contributed by atoms with Gasteiger partial charge in [0.05, 0.1) is 13.2 Å². The van der Waals surface area contributed by atoms with Gasteiger partial charge < -0.3 is 24.1 Å². The lowest BCUT2D eigenvalue weighted by Crippen LogP contribution is -2.12. The van der Waals surface area contributed by atoms with Gasteiger partial charge in [0, 0.05) is 6.08 Å². The Bertz CT molecular complexity index is 751. The van der Waals surface area contributed by atoms with Gasteiger partial charge in [-0.1, -0.05) is 6.58 Å². The number of rotatable bonds is 9. The van der Waals surface area contributed by atoms with Gasteiger partial charge >= 0.3 is 12.1 Å². The predicted molar refractivity (Wildman–Crippen MR) is 97.0 cm³/mol. The van der Waals surface area contributed by atoms with Crippen LogP contribution in [0.3, 0.4) is 0 Å². The zero-order valence-corrected chi connectivity index (χ0v) is 14.6. The first kappa shape index (κ1) is 19.8. The number of hydrogen-bond donors (Lipinski definition) is 1. The van der Waals surface area contributed by atoms with Gasteiger partial charge in [0.15, 0.2) is 0 Å².